The summed E-state index contributed by atoms with van der Waals surface area (Å²) in [5, 5.41) is 2.62. The van der Waals surface area contributed by atoms with Crippen LogP contribution in [0.15, 0.2) is 48.5 Å². The van der Waals surface area contributed by atoms with Crippen molar-refractivity contribution in [2.45, 2.75) is 19.8 Å². The number of hydrogen-bond donors (Lipinski definition) is 1. The number of amides is 1. The number of Topliss-reactive ketones (excluding diaryl/α,β-unsaturated/α-hetero) is 1. The lowest BCUT2D eigenvalue weighted by Crippen LogP contribution is -2.21. The van der Waals surface area contributed by atoms with Gasteiger partial charge in [0.25, 0.3) is 5.91 Å². The highest BCUT2D eigenvalue weighted by Crippen LogP contribution is 2.10. The zero-order valence-corrected chi connectivity index (χ0v) is 13.8. The Kier molecular flexibility index (Phi) is 6.39. The summed E-state index contributed by atoms with van der Waals surface area (Å²) < 4.78 is 17.6. The molecule has 2 rings (SSSR count). The molecule has 0 saturated heterocycles. The van der Waals surface area contributed by atoms with E-state index in [1.54, 1.807) is 18.2 Å². The Hall–Kier alpha value is -3.02. The zero-order valence-electron chi connectivity index (χ0n) is 13.8. The van der Waals surface area contributed by atoms with Crippen LogP contribution in [0.3, 0.4) is 0 Å². The molecule has 130 valence electrons. The predicted octanol–water partition coefficient (Wildman–Crippen LogP) is 3.28. The third-order valence-electron chi connectivity index (χ3n) is 3.39. The van der Waals surface area contributed by atoms with Crippen LogP contribution in [0.5, 0.6) is 0 Å². The monoisotopic (exact) mass is 343 g/mol. The van der Waals surface area contributed by atoms with Crippen LogP contribution in [0.1, 0.15) is 28.8 Å². The fourth-order valence-electron chi connectivity index (χ4n) is 2.13. The van der Waals surface area contributed by atoms with Gasteiger partial charge in [-0.05, 0) is 48.9 Å². The molecule has 0 bridgehead atoms. The smallest absolute Gasteiger partial charge is 0.306 e. The van der Waals surface area contributed by atoms with Gasteiger partial charge in [-0.3, -0.25) is 14.4 Å². The molecule has 2 aromatic carbocycles. The second-order valence-electron chi connectivity index (χ2n) is 5.51. The van der Waals surface area contributed by atoms with Gasteiger partial charge in [0.2, 0.25) is 0 Å². The molecule has 0 saturated carbocycles. The van der Waals surface area contributed by atoms with E-state index in [4.69, 9.17) is 4.74 Å². The lowest BCUT2D eigenvalue weighted by molar-refractivity contribution is -0.147. The molecular weight excluding hydrogens is 325 g/mol. The minimum Gasteiger partial charge on any atom is -0.456 e. The SMILES string of the molecule is Cc1cccc(NC(=O)COC(=O)CCC(=O)c2ccc(F)cc2)c1. The summed E-state index contributed by atoms with van der Waals surface area (Å²) in [5.74, 6) is -1.82. The van der Waals surface area contributed by atoms with E-state index in [1.807, 2.05) is 13.0 Å². The van der Waals surface area contributed by atoms with E-state index in [-0.39, 0.29) is 18.6 Å². The van der Waals surface area contributed by atoms with Crippen molar-refractivity contribution in [2.75, 3.05) is 11.9 Å². The molecule has 25 heavy (non-hydrogen) atoms. The quantitative estimate of drug-likeness (QED) is 0.618. The van der Waals surface area contributed by atoms with Crippen molar-refractivity contribution in [1.29, 1.82) is 0 Å². The molecule has 0 heterocycles. The minimum atomic E-state index is -0.644. The summed E-state index contributed by atoms with van der Waals surface area (Å²) in [5.41, 5.74) is 1.94. The van der Waals surface area contributed by atoms with E-state index in [1.165, 1.54) is 24.3 Å². The third kappa shape index (κ3) is 6.18. The molecule has 0 fully saturated rings. The lowest BCUT2D eigenvalue weighted by atomic mass is 10.1. The van der Waals surface area contributed by atoms with Gasteiger partial charge in [0.15, 0.2) is 12.4 Å². The summed E-state index contributed by atoms with van der Waals surface area (Å²) >= 11 is 0. The minimum absolute atomic E-state index is 0.0655. The number of esters is 1. The first-order valence-corrected chi connectivity index (χ1v) is 7.75. The molecule has 5 nitrogen and oxygen atoms in total. The summed E-state index contributed by atoms with van der Waals surface area (Å²) in [6.07, 6.45) is -0.210. The first-order chi connectivity index (χ1) is 11.9. The Balaban J connectivity index is 1.72. The maximum atomic E-state index is 12.8. The molecule has 1 N–H and O–H groups in total. The van der Waals surface area contributed by atoms with Crippen LogP contribution in [-0.4, -0.2) is 24.3 Å². The van der Waals surface area contributed by atoms with Crippen molar-refractivity contribution in [2.24, 2.45) is 0 Å². The fourth-order valence-corrected chi connectivity index (χ4v) is 2.13. The van der Waals surface area contributed by atoms with Crippen molar-refractivity contribution >= 4 is 23.3 Å². The van der Waals surface area contributed by atoms with Gasteiger partial charge >= 0.3 is 5.97 Å². The van der Waals surface area contributed by atoms with E-state index in [0.717, 1.165) is 5.56 Å². The number of hydrogen-bond acceptors (Lipinski definition) is 4. The number of ketones is 1. The first kappa shape index (κ1) is 18.3. The van der Waals surface area contributed by atoms with E-state index in [2.05, 4.69) is 5.32 Å². The van der Waals surface area contributed by atoms with Crippen LogP contribution < -0.4 is 5.32 Å². The molecule has 0 aliphatic heterocycles. The number of ether oxygens (including phenoxy) is 1. The Labute approximate surface area is 144 Å². The number of anilines is 1. The van der Waals surface area contributed by atoms with Crippen LogP contribution in [0.2, 0.25) is 0 Å². The summed E-state index contributed by atoms with van der Waals surface area (Å²) in [6, 6.07) is 12.3. The molecule has 0 aliphatic carbocycles. The van der Waals surface area contributed by atoms with Crippen molar-refractivity contribution in [3.63, 3.8) is 0 Å². The van der Waals surface area contributed by atoms with E-state index >= 15 is 0 Å². The number of rotatable bonds is 7. The van der Waals surface area contributed by atoms with Gasteiger partial charge in [-0.25, -0.2) is 4.39 Å². The van der Waals surface area contributed by atoms with Gasteiger partial charge in [0.05, 0.1) is 6.42 Å². The maximum absolute atomic E-state index is 12.8. The van der Waals surface area contributed by atoms with Gasteiger partial charge in [0.1, 0.15) is 5.82 Å². The molecule has 0 radical (unpaired) electrons. The molecular formula is C19H18FNO4. The van der Waals surface area contributed by atoms with Crippen molar-refractivity contribution in [1.82, 2.24) is 0 Å². The number of benzene rings is 2. The Bertz CT molecular complexity index is 771. The van der Waals surface area contributed by atoms with Crippen LogP contribution in [-0.2, 0) is 14.3 Å². The second kappa shape index (κ2) is 8.73. The number of aryl methyl sites for hydroxylation is 1. The average Bonchev–Trinajstić information content (AvgIpc) is 2.58. The average molecular weight is 343 g/mol. The molecule has 2 aromatic rings. The van der Waals surface area contributed by atoms with Gasteiger partial charge in [0, 0.05) is 17.7 Å². The maximum Gasteiger partial charge on any atom is 0.306 e. The number of carbonyl (C=O) groups is 3. The standard InChI is InChI=1S/C19H18FNO4/c1-13-3-2-4-16(11-13)21-18(23)12-25-19(24)10-9-17(22)14-5-7-15(20)8-6-14/h2-8,11H,9-10,12H2,1H3,(H,21,23). The molecule has 6 heteroatoms. The first-order valence-electron chi connectivity index (χ1n) is 7.75. The number of halogens is 1. The molecule has 0 aliphatic rings. The van der Waals surface area contributed by atoms with Crippen LogP contribution in [0.4, 0.5) is 10.1 Å². The van der Waals surface area contributed by atoms with Crippen LogP contribution in [0.25, 0.3) is 0 Å². The van der Waals surface area contributed by atoms with Crippen molar-refractivity contribution in [3.05, 3.63) is 65.5 Å². The predicted molar refractivity (Wildman–Crippen MR) is 90.7 cm³/mol. The van der Waals surface area contributed by atoms with Gasteiger partial charge in [-0.1, -0.05) is 12.1 Å². The Morgan fingerprint density at radius 1 is 1.04 bits per heavy atom. The van der Waals surface area contributed by atoms with Crippen LogP contribution >= 0.6 is 0 Å². The lowest BCUT2D eigenvalue weighted by Gasteiger charge is -2.07. The topological polar surface area (TPSA) is 72.5 Å². The van der Waals surface area contributed by atoms with Gasteiger partial charge in [-0.15, -0.1) is 0 Å². The fraction of sp³-hybridized carbons (Fsp3) is 0.211. The third-order valence-corrected chi connectivity index (χ3v) is 3.39. The highest BCUT2D eigenvalue weighted by molar-refractivity contribution is 5.98. The number of nitrogens with one attached hydrogen (secondary N) is 1. The molecule has 0 spiro atoms. The van der Waals surface area contributed by atoms with E-state index < -0.39 is 24.3 Å². The number of carbonyl (C=O) groups excluding carboxylic acids is 3. The molecule has 0 unspecified atom stereocenters. The molecule has 0 aromatic heterocycles. The largest absolute Gasteiger partial charge is 0.456 e. The van der Waals surface area contributed by atoms with Gasteiger partial charge in [-0.2, -0.15) is 0 Å². The van der Waals surface area contributed by atoms with E-state index in [0.29, 0.717) is 11.3 Å². The van der Waals surface area contributed by atoms with E-state index in [9.17, 15) is 18.8 Å². The molecule has 0 atom stereocenters. The highest BCUT2D eigenvalue weighted by atomic mass is 19.1. The Morgan fingerprint density at radius 2 is 1.76 bits per heavy atom. The molecule has 1 amide bonds. The summed E-state index contributed by atoms with van der Waals surface area (Å²) in [7, 11) is 0. The normalized spacial score (nSPS) is 10.2. The zero-order chi connectivity index (χ0) is 18.2. The second-order valence-corrected chi connectivity index (χ2v) is 5.51. The Morgan fingerprint density at radius 3 is 2.44 bits per heavy atom. The van der Waals surface area contributed by atoms with Gasteiger partial charge < -0.3 is 10.1 Å². The van der Waals surface area contributed by atoms with Crippen molar-refractivity contribution < 1.29 is 23.5 Å². The van der Waals surface area contributed by atoms with Crippen molar-refractivity contribution in [3.8, 4) is 0 Å². The van der Waals surface area contributed by atoms with Crippen LogP contribution in [0, 0.1) is 12.7 Å². The summed E-state index contributed by atoms with van der Waals surface area (Å²) in [4.78, 5) is 35.2. The highest BCUT2D eigenvalue weighted by Gasteiger charge is 2.12. The summed E-state index contributed by atoms with van der Waals surface area (Å²) in [6.45, 7) is 1.48.